The number of nitrogens with one attached hydrogen (secondary N) is 1. The van der Waals surface area contributed by atoms with Crippen LogP contribution in [0.3, 0.4) is 0 Å². The molecule has 0 saturated heterocycles. The first kappa shape index (κ1) is 21.0. The van der Waals surface area contributed by atoms with Crippen LogP contribution in [0.4, 0.5) is 0 Å². The van der Waals surface area contributed by atoms with Crippen LogP contribution in [0.5, 0.6) is 0 Å². The molecule has 0 radical (unpaired) electrons. The van der Waals surface area contributed by atoms with Gasteiger partial charge in [0.25, 0.3) is 0 Å². The summed E-state index contributed by atoms with van der Waals surface area (Å²) in [5.74, 6) is 0. The SMILES string of the molecule is CCN(CC)C(CNS(=O)(=O)c1cccc(S(C)(=O)=O)c1)c1ccsc1. The van der Waals surface area contributed by atoms with E-state index in [9.17, 15) is 16.8 Å². The normalized spacial score (nSPS) is 13.8. The average molecular weight is 417 g/mol. The van der Waals surface area contributed by atoms with E-state index < -0.39 is 19.9 Å². The molecule has 9 heteroatoms. The molecular formula is C17H24N2O4S3. The van der Waals surface area contributed by atoms with Crippen molar-refractivity contribution in [2.24, 2.45) is 0 Å². The molecule has 26 heavy (non-hydrogen) atoms. The Kier molecular flexibility index (Phi) is 6.98. The molecule has 144 valence electrons. The van der Waals surface area contributed by atoms with E-state index >= 15 is 0 Å². The summed E-state index contributed by atoms with van der Waals surface area (Å²) in [4.78, 5) is 2.11. The summed E-state index contributed by atoms with van der Waals surface area (Å²) >= 11 is 1.57. The zero-order valence-corrected chi connectivity index (χ0v) is 17.5. The number of benzene rings is 1. The molecule has 1 unspecified atom stereocenters. The van der Waals surface area contributed by atoms with Crippen molar-refractivity contribution in [3.05, 3.63) is 46.7 Å². The second-order valence-electron chi connectivity index (χ2n) is 5.89. The maximum atomic E-state index is 12.7. The summed E-state index contributed by atoms with van der Waals surface area (Å²) < 4.78 is 51.3. The Balaban J connectivity index is 2.25. The van der Waals surface area contributed by atoms with Gasteiger partial charge >= 0.3 is 0 Å². The van der Waals surface area contributed by atoms with Gasteiger partial charge in [0, 0.05) is 18.8 Å². The third kappa shape index (κ3) is 5.14. The van der Waals surface area contributed by atoms with Gasteiger partial charge < -0.3 is 0 Å². The Hall–Kier alpha value is -1.26. The molecular weight excluding hydrogens is 392 g/mol. The number of rotatable bonds is 9. The quantitative estimate of drug-likeness (QED) is 0.679. The number of hydrogen-bond donors (Lipinski definition) is 1. The lowest BCUT2D eigenvalue weighted by atomic mass is 10.1. The average Bonchev–Trinajstić information content (AvgIpc) is 3.12. The first-order valence-electron chi connectivity index (χ1n) is 8.25. The van der Waals surface area contributed by atoms with Crippen LogP contribution in [0.1, 0.15) is 25.5 Å². The molecule has 1 aromatic carbocycles. The van der Waals surface area contributed by atoms with Crippen LogP contribution in [0.15, 0.2) is 50.9 Å². The highest BCUT2D eigenvalue weighted by atomic mass is 32.2. The number of likely N-dealkylation sites (N-methyl/N-ethyl adjacent to an activating group) is 1. The van der Waals surface area contributed by atoms with Crippen molar-refractivity contribution < 1.29 is 16.8 Å². The van der Waals surface area contributed by atoms with Gasteiger partial charge in [0.05, 0.1) is 9.79 Å². The second-order valence-corrected chi connectivity index (χ2v) is 10.5. The topological polar surface area (TPSA) is 83.6 Å². The molecule has 0 spiro atoms. The van der Waals surface area contributed by atoms with Crippen LogP contribution >= 0.6 is 11.3 Å². The van der Waals surface area contributed by atoms with E-state index in [1.165, 1.54) is 24.3 Å². The van der Waals surface area contributed by atoms with Crippen molar-refractivity contribution in [3.8, 4) is 0 Å². The smallest absolute Gasteiger partial charge is 0.240 e. The Morgan fingerprint density at radius 2 is 1.73 bits per heavy atom. The zero-order valence-electron chi connectivity index (χ0n) is 15.0. The fourth-order valence-corrected chi connectivity index (χ4v) is 5.26. The summed E-state index contributed by atoms with van der Waals surface area (Å²) in [5, 5.41) is 3.98. The number of thiophene rings is 1. The van der Waals surface area contributed by atoms with Crippen LogP contribution in [0.2, 0.25) is 0 Å². The van der Waals surface area contributed by atoms with E-state index in [0.29, 0.717) is 0 Å². The molecule has 1 atom stereocenters. The van der Waals surface area contributed by atoms with Gasteiger partial charge in [0.2, 0.25) is 10.0 Å². The number of sulfone groups is 1. The molecule has 2 aromatic rings. The molecule has 0 fully saturated rings. The fraction of sp³-hybridized carbons (Fsp3) is 0.412. The molecule has 1 heterocycles. The van der Waals surface area contributed by atoms with E-state index in [-0.39, 0.29) is 22.4 Å². The van der Waals surface area contributed by atoms with E-state index in [0.717, 1.165) is 24.9 Å². The van der Waals surface area contributed by atoms with Gasteiger partial charge in [-0.15, -0.1) is 0 Å². The fourth-order valence-electron chi connectivity index (χ4n) is 2.73. The lowest BCUT2D eigenvalue weighted by molar-refractivity contribution is 0.220. The highest BCUT2D eigenvalue weighted by molar-refractivity contribution is 7.91. The predicted molar refractivity (Wildman–Crippen MR) is 105 cm³/mol. The van der Waals surface area contributed by atoms with Crippen LogP contribution in [0, 0.1) is 0 Å². The van der Waals surface area contributed by atoms with Crippen LogP contribution in [-0.4, -0.2) is 47.6 Å². The minimum atomic E-state index is -3.82. The molecule has 6 nitrogen and oxygen atoms in total. The van der Waals surface area contributed by atoms with Crippen LogP contribution in [0.25, 0.3) is 0 Å². The van der Waals surface area contributed by atoms with Crippen LogP contribution < -0.4 is 4.72 Å². The largest absolute Gasteiger partial charge is 0.296 e. The molecule has 0 aliphatic heterocycles. The lowest BCUT2D eigenvalue weighted by Gasteiger charge is -2.29. The zero-order chi connectivity index (χ0) is 19.4. The van der Waals surface area contributed by atoms with Crippen molar-refractivity contribution in [1.29, 1.82) is 0 Å². The monoisotopic (exact) mass is 416 g/mol. The summed E-state index contributed by atoms with van der Waals surface area (Å²) in [6, 6.07) is 7.32. The Bertz CT molecular complexity index is 919. The standard InChI is InChI=1S/C17H24N2O4S3/c1-4-19(5-2)17(14-9-10-24-13-14)12-18-26(22,23)16-8-6-7-15(11-16)25(3,20)21/h6-11,13,17-18H,4-5,12H2,1-3H3. The highest BCUT2D eigenvalue weighted by Crippen LogP contribution is 2.23. The summed E-state index contributed by atoms with van der Waals surface area (Å²) in [6.45, 7) is 5.87. The molecule has 0 bridgehead atoms. The summed E-state index contributed by atoms with van der Waals surface area (Å²) in [6.07, 6.45) is 1.05. The van der Waals surface area contributed by atoms with Gasteiger partial charge in [0.1, 0.15) is 0 Å². The highest BCUT2D eigenvalue weighted by Gasteiger charge is 2.23. The first-order chi connectivity index (χ1) is 12.2. The van der Waals surface area contributed by atoms with E-state index in [1.54, 1.807) is 11.3 Å². The van der Waals surface area contributed by atoms with Crippen LogP contribution in [-0.2, 0) is 19.9 Å². The third-order valence-corrected chi connectivity index (χ3v) is 7.42. The van der Waals surface area contributed by atoms with Gasteiger partial charge in [-0.25, -0.2) is 21.6 Å². The Morgan fingerprint density at radius 1 is 1.08 bits per heavy atom. The van der Waals surface area contributed by atoms with Crippen molar-refractivity contribution in [1.82, 2.24) is 9.62 Å². The Morgan fingerprint density at radius 3 is 2.27 bits per heavy atom. The predicted octanol–water partition coefficient (Wildman–Crippen LogP) is 2.51. The molecule has 0 aliphatic carbocycles. The molecule has 2 rings (SSSR count). The minimum absolute atomic E-state index is 0.0153. The lowest BCUT2D eigenvalue weighted by Crippen LogP contribution is -2.37. The minimum Gasteiger partial charge on any atom is -0.296 e. The number of hydrogen-bond acceptors (Lipinski definition) is 6. The first-order valence-corrected chi connectivity index (χ1v) is 12.6. The van der Waals surface area contributed by atoms with Gasteiger partial charge in [0.15, 0.2) is 9.84 Å². The summed E-state index contributed by atoms with van der Waals surface area (Å²) in [5.41, 5.74) is 1.06. The number of sulfonamides is 1. The molecule has 1 aromatic heterocycles. The second kappa shape index (κ2) is 8.62. The Labute approximate surface area is 159 Å². The van der Waals surface area contributed by atoms with Gasteiger partial charge in [-0.3, -0.25) is 4.90 Å². The van der Waals surface area contributed by atoms with Crippen molar-refractivity contribution in [2.45, 2.75) is 29.7 Å². The molecule has 0 saturated carbocycles. The van der Waals surface area contributed by atoms with E-state index in [2.05, 4.69) is 9.62 Å². The van der Waals surface area contributed by atoms with Crippen molar-refractivity contribution in [2.75, 3.05) is 25.9 Å². The summed E-state index contributed by atoms with van der Waals surface area (Å²) in [7, 11) is -7.29. The third-order valence-electron chi connectivity index (χ3n) is 4.19. The maximum Gasteiger partial charge on any atom is 0.240 e. The van der Waals surface area contributed by atoms with Crippen molar-refractivity contribution >= 4 is 31.2 Å². The number of nitrogens with zero attached hydrogens (tertiary/aromatic N) is 1. The molecule has 0 aliphatic rings. The van der Waals surface area contributed by atoms with Gasteiger partial charge in [-0.2, -0.15) is 11.3 Å². The van der Waals surface area contributed by atoms with Gasteiger partial charge in [-0.1, -0.05) is 19.9 Å². The van der Waals surface area contributed by atoms with E-state index in [1.807, 2.05) is 30.7 Å². The molecule has 1 N–H and O–H groups in total. The van der Waals surface area contributed by atoms with Gasteiger partial charge in [-0.05, 0) is 53.7 Å². The molecule has 0 amide bonds. The van der Waals surface area contributed by atoms with E-state index in [4.69, 9.17) is 0 Å². The van der Waals surface area contributed by atoms with Crippen molar-refractivity contribution in [3.63, 3.8) is 0 Å². The maximum absolute atomic E-state index is 12.7.